The van der Waals surface area contributed by atoms with Gasteiger partial charge in [0.25, 0.3) is 17.5 Å². The van der Waals surface area contributed by atoms with E-state index in [1.54, 1.807) is 18.2 Å². The molecule has 1 aliphatic heterocycles. The summed E-state index contributed by atoms with van der Waals surface area (Å²) < 4.78 is 12.5. The summed E-state index contributed by atoms with van der Waals surface area (Å²) in [4.78, 5) is 36.3. The Morgan fingerprint density at radius 2 is 1.83 bits per heavy atom. The molecule has 1 saturated heterocycles. The third-order valence-electron chi connectivity index (χ3n) is 6.64. The van der Waals surface area contributed by atoms with Gasteiger partial charge in [0.2, 0.25) is 0 Å². The number of halogens is 2. The minimum atomic E-state index is -0.463. The molecule has 0 radical (unpaired) electrons. The van der Waals surface area contributed by atoms with Crippen molar-refractivity contribution in [1.82, 2.24) is 5.01 Å². The molecule has 2 fully saturated rings. The van der Waals surface area contributed by atoms with Crippen molar-refractivity contribution in [2.75, 3.05) is 7.11 Å². The number of nitrogens with zero attached hydrogens (tertiary/aromatic N) is 3. The molecule has 4 atom stereocenters. The number of hydrazone groups is 1. The Morgan fingerprint density at radius 1 is 1.14 bits per heavy atom. The molecule has 0 unspecified atom stereocenters. The summed E-state index contributed by atoms with van der Waals surface area (Å²) in [6, 6.07) is 7.84. The molecule has 1 heterocycles. The SMILES string of the molecule is COc1cc(C=NN2C(=O)[C@@H]3[C@H](C2=O)[C@H]2C=C[C@H]3C2)c(Br)c(Br)c1OCc1cccc([N+](=O)[O-])c1. The van der Waals surface area contributed by atoms with E-state index in [0.29, 0.717) is 31.6 Å². The Labute approximate surface area is 217 Å². The zero-order valence-corrected chi connectivity index (χ0v) is 21.6. The first kappa shape index (κ1) is 23.7. The predicted molar refractivity (Wildman–Crippen MR) is 133 cm³/mol. The molecule has 5 rings (SSSR count). The molecular formula is C24H19Br2N3O6. The second-order valence-corrected chi connectivity index (χ2v) is 10.2. The lowest BCUT2D eigenvalue weighted by Crippen LogP contribution is -2.28. The number of amides is 2. The Balaban J connectivity index is 1.37. The summed E-state index contributed by atoms with van der Waals surface area (Å²) in [5, 5.41) is 16.2. The van der Waals surface area contributed by atoms with Crippen LogP contribution in [0.15, 0.2) is 56.5 Å². The summed E-state index contributed by atoms with van der Waals surface area (Å²) in [5.41, 5.74) is 1.16. The van der Waals surface area contributed by atoms with Gasteiger partial charge < -0.3 is 9.47 Å². The van der Waals surface area contributed by atoms with Crippen LogP contribution in [0.1, 0.15) is 17.5 Å². The number of nitro groups is 1. The third kappa shape index (κ3) is 4.06. The number of ether oxygens (including phenoxy) is 2. The maximum atomic E-state index is 12.9. The third-order valence-corrected chi connectivity index (χ3v) is 8.78. The monoisotopic (exact) mass is 603 g/mol. The zero-order valence-electron chi connectivity index (χ0n) is 18.4. The van der Waals surface area contributed by atoms with Gasteiger partial charge in [0, 0.05) is 22.2 Å². The first-order valence-electron chi connectivity index (χ1n) is 10.8. The van der Waals surface area contributed by atoms with Crippen LogP contribution in [0, 0.1) is 33.8 Å². The molecule has 11 heteroatoms. The number of hydrogen-bond donors (Lipinski definition) is 0. The quantitative estimate of drug-likeness (QED) is 0.147. The minimum Gasteiger partial charge on any atom is -0.493 e. The maximum Gasteiger partial charge on any atom is 0.269 e. The summed E-state index contributed by atoms with van der Waals surface area (Å²) in [7, 11) is 1.48. The van der Waals surface area contributed by atoms with Crippen molar-refractivity contribution >= 4 is 55.6 Å². The highest BCUT2D eigenvalue weighted by Gasteiger charge is 2.59. The largest absolute Gasteiger partial charge is 0.493 e. The van der Waals surface area contributed by atoms with Gasteiger partial charge in [-0.25, -0.2) is 0 Å². The lowest BCUT2D eigenvalue weighted by Gasteiger charge is -2.16. The Hall–Kier alpha value is -3.05. The maximum absolute atomic E-state index is 12.9. The van der Waals surface area contributed by atoms with Crippen molar-refractivity contribution in [2.45, 2.75) is 13.0 Å². The number of non-ortho nitro benzene ring substituents is 1. The number of hydrogen-bond acceptors (Lipinski definition) is 7. The van der Waals surface area contributed by atoms with Gasteiger partial charge in [-0.2, -0.15) is 10.1 Å². The molecular weight excluding hydrogens is 586 g/mol. The normalized spacial score (nSPS) is 24.5. The first-order chi connectivity index (χ1) is 16.8. The fraction of sp³-hybridized carbons (Fsp3) is 0.292. The minimum absolute atomic E-state index is 0.0243. The molecule has 1 saturated carbocycles. The van der Waals surface area contributed by atoms with Crippen molar-refractivity contribution in [3.63, 3.8) is 0 Å². The molecule has 2 aromatic carbocycles. The molecule has 9 nitrogen and oxygen atoms in total. The van der Waals surface area contributed by atoms with Crippen LogP contribution in [0.5, 0.6) is 11.5 Å². The van der Waals surface area contributed by atoms with Crippen LogP contribution in [0.3, 0.4) is 0 Å². The second-order valence-electron chi connectivity index (χ2n) is 8.57. The Morgan fingerprint density at radius 3 is 2.46 bits per heavy atom. The Bertz CT molecular complexity index is 1280. The van der Waals surface area contributed by atoms with E-state index in [2.05, 4.69) is 37.0 Å². The van der Waals surface area contributed by atoms with Crippen molar-refractivity contribution in [3.8, 4) is 11.5 Å². The summed E-state index contributed by atoms with van der Waals surface area (Å²) in [5.74, 6) is -0.152. The van der Waals surface area contributed by atoms with E-state index in [1.165, 1.54) is 25.5 Å². The number of fused-ring (bicyclic) bond motifs is 5. The van der Waals surface area contributed by atoms with E-state index in [9.17, 15) is 19.7 Å². The number of carbonyl (C=O) groups excluding carboxylic acids is 2. The molecule has 2 bridgehead atoms. The molecule has 2 aliphatic carbocycles. The van der Waals surface area contributed by atoms with Gasteiger partial charge in [-0.05, 0) is 61.7 Å². The number of nitro benzene ring substituents is 1. The van der Waals surface area contributed by atoms with E-state index in [0.717, 1.165) is 11.4 Å². The van der Waals surface area contributed by atoms with E-state index >= 15 is 0 Å². The van der Waals surface area contributed by atoms with Crippen LogP contribution in [-0.2, 0) is 16.2 Å². The Kier molecular flexibility index (Phi) is 6.22. The van der Waals surface area contributed by atoms with Crippen molar-refractivity contribution in [3.05, 3.63) is 72.7 Å². The van der Waals surface area contributed by atoms with Gasteiger partial charge in [0.1, 0.15) is 6.61 Å². The lowest BCUT2D eigenvalue weighted by molar-refractivity contribution is -0.384. The highest BCUT2D eigenvalue weighted by molar-refractivity contribution is 9.13. The van der Waals surface area contributed by atoms with Crippen molar-refractivity contribution in [1.29, 1.82) is 0 Å². The van der Waals surface area contributed by atoms with Gasteiger partial charge in [-0.1, -0.05) is 24.3 Å². The van der Waals surface area contributed by atoms with E-state index < -0.39 is 4.92 Å². The van der Waals surface area contributed by atoms with Crippen LogP contribution < -0.4 is 9.47 Å². The van der Waals surface area contributed by atoms with E-state index in [1.807, 2.05) is 12.2 Å². The lowest BCUT2D eigenvalue weighted by atomic mass is 9.85. The summed E-state index contributed by atoms with van der Waals surface area (Å²) >= 11 is 7.00. The summed E-state index contributed by atoms with van der Waals surface area (Å²) in [6.07, 6.45) is 6.37. The van der Waals surface area contributed by atoms with Gasteiger partial charge >= 0.3 is 0 Å². The standard InChI is InChI=1S/C24H19Br2N3O6/c1-34-17-9-15(10-27-28-23(30)18-13-5-6-14(8-13)19(18)24(28)31)20(25)21(26)22(17)35-11-12-3-2-4-16(7-12)29(32)33/h2-7,9-10,13-14,18-19H,8,11H2,1H3/t13-,14-,18-,19+/m0/s1. The molecule has 0 aromatic heterocycles. The highest BCUT2D eigenvalue weighted by atomic mass is 79.9. The average molecular weight is 605 g/mol. The van der Waals surface area contributed by atoms with Gasteiger partial charge in [-0.3, -0.25) is 19.7 Å². The number of allylic oxidation sites excluding steroid dienone is 2. The molecule has 180 valence electrons. The zero-order chi connectivity index (χ0) is 24.9. The molecule has 0 spiro atoms. The van der Waals surface area contributed by atoms with E-state index in [-0.39, 0.29) is 47.8 Å². The van der Waals surface area contributed by atoms with Crippen LogP contribution in [-0.4, -0.2) is 35.1 Å². The number of methoxy groups -OCH3 is 1. The highest BCUT2D eigenvalue weighted by Crippen LogP contribution is 2.52. The molecule has 35 heavy (non-hydrogen) atoms. The molecule has 0 N–H and O–H groups in total. The smallest absolute Gasteiger partial charge is 0.269 e. The van der Waals surface area contributed by atoms with E-state index in [4.69, 9.17) is 9.47 Å². The average Bonchev–Trinajstić information content (AvgIpc) is 3.53. The predicted octanol–water partition coefficient (Wildman–Crippen LogP) is 4.85. The molecule has 2 amide bonds. The molecule has 2 aromatic rings. The van der Waals surface area contributed by atoms with Gasteiger partial charge in [-0.15, -0.1) is 0 Å². The second kappa shape index (κ2) is 9.19. The topological polar surface area (TPSA) is 111 Å². The first-order valence-corrected chi connectivity index (χ1v) is 12.4. The van der Waals surface area contributed by atoms with Crippen LogP contribution in [0.25, 0.3) is 0 Å². The number of benzene rings is 2. The summed E-state index contributed by atoms with van der Waals surface area (Å²) in [6.45, 7) is 0.0758. The van der Waals surface area contributed by atoms with Crippen LogP contribution in [0.4, 0.5) is 5.69 Å². The van der Waals surface area contributed by atoms with Crippen LogP contribution >= 0.6 is 31.9 Å². The number of carbonyl (C=O) groups is 2. The van der Waals surface area contributed by atoms with Crippen molar-refractivity contribution in [2.24, 2.45) is 28.8 Å². The number of rotatable bonds is 7. The fourth-order valence-electron chi connectivity index (χ4n) is 5.02. The number of imide groups is 1. The van der Waals surface area contributed by atoms with Gasteiger partial charge in [0.15, 0.2) is 11.5 Å². The fourth-order valence-corrected chi connectivity index (χ4v) is 5.96. The van der Waals surface area contributed by atoms with Crippen molar-refractivity contribution < 1.29 is 24.0 Å². The van der Waals surface area contributed by atoms with Gasteiger partial charge in [0.05, 0.1) is 34.6 Å². The van der Waals surface area contributed by atoms with Crippen LogP contribution in [0.2, 0.25) is 0 Å². The molecule has 3 aliphatic rings.